The van der Waals surface area contributed by atoms with Gasteiger partial charge in [-0.25, -0.2) is 4.39 Å². The molecule has 1 aromatic heterocycles. The lowest BCUT2D eigenvalue weighted by atomic mass is 10.2. The van der Waals surface area contributed by atoms with E-state index in [0.717, 1.165) is 5.69 Å². The van der Waals surface area contributed by atoms with E-state index < -0.39 is 5.82 Å². The maximum absolute atomic E-state index is 13.0. The molecule has 0 fully saturated rings. The van der Waals surface area contributed by atoms with Crippen LogP contribution in [-0.2, 0) is 0 Å². The average Bonchev–Trinajstić information content (AvgIpc) is 2.34. The number of pyridine rings is 1. The van der Waals surface area contributed by atoms with Crippen LogP contribution in [0.2, 0.25) is 5.02 Å². The second-order valence-corrected chi connectivity index (χ2v) is 4.18. The van der Waals surface area contributed by atoms with Gasteiger partial charge in [-0.1, -0.05) is 11.6 Å². The zero-order valence-electron chi connectivity index (χ0n) is 9.58. The van der Waals surface area contributed by atoms with Gasteiger partial charge in [0.05, 0.1) is 5.02 Å². The van der Waals surface area contributed by atoms with Crippen molar-refractivity contribution >= 4 is 23.2 Å². The molecule has 1 aromatic carbocycles. The van der Waals surface area contributed by atoms with E-state index in [1.165, 1.54) is 18.2 Å². The Morgan fingerprint density at radius 2 is 2.11 bits per heavy atom. The van der Waals surface area contributed by atoms with Crippen LogP contribution in [0, 0.1) is 12.7 Å². The minimum absolute atomic E-state index is 0.0290. The zero-order chi connectivity index (χ0) is 13.1. The van der Waals surface area contributed by atoms with Crippen molar-refractivity contribution in [1.82, 2.24) is 4.98 Å². The quantitative estimate of drug-likeness (QED) is 0.903. The molecule has 92 valence electrons. The fourth-order valence-electron chi connectivity index (χ4n) is 1.46. The number of amides is 1. The van der Waals surface area contributed by atoms with Crippen LogP contribution in [0.25, 0.3) is 0 Å². The van der Waals surface area contributed by atoms with Crippen molar-refractivity contribution in [3.63, 3.8) is 0 Å². The van der Waals surface area contributed by atoms with Crippen LogP contribution in [0.1, 0.15) is 16.1 Å². The van der Waals surface area contributed by atoms with Crippen LogP contribution in [0.15, 0.2) is 36.5 Å². The first kappa shape index (κ1) is 12.5. The first-order valence-corrected chi connectivity index (χ1v) is 5.63. The maximum Gasteiger partial charge on any atom is 0.255 e. The molecule has 5 heteroatoms. The van der Waals surface area contributed by atoms with Gasteiger partial charge in [0.2, 0.25) is 0 Å². The van der Waals surface area contributed by atoms with E-state index in [9.17, 15) is 9.18 Å². The molecule has 3 nitrogen and oxygen atoms in total. The second-order valence-electron chi connectivity index (χ2n) is 3.77. The van der Waals surface area contributed by atoms with E-state index in [1.807, 2.05) is 0 Å². The highest BCUT2D eigenvalue weighted by Crippen LogP contribution is 2.19. The molecule has 0 saturated carbocycles. The predicted molar refractivity (Wildman–Crippen MR) is 68.3 cm³/mol. The summed E-state index contributed by atoms with van der Waals surface area (Å²) in [6, 6.07) is 7.29. The first-order chi connectivity index (χ1) is 8.56. The van der Waals surface area contributed by atoms with Gasteiger partial charge in [-0.3, -0.25) is 9.78 Å². The number of carbonyl (C=O) groups is 1. The van der Waals surface area contributed by atoms with Crippen LogP contribution in [0.5, 0.6) is 0 Å². The van der Waals surface area contributed by atoms with Crippen molar-refractivity contribution in [2.45, 2.75) is 6.92 Å². The number of aryl methyl sites for hydroxylation is 1. The SMILES string of the molecule is Cc1cc(C(=O)Nc2ccc(F)c(Cl)c2)ccn1. The number of carbonyl (C=O) groups excluding carboxylic acids is 1. The molecule has 0 aliphatic heterocycles. The first-order valence-electron chi connectivity index (χ1n) is 5.25. The van der Waals surface area contributed by atoms with E-state index in [0.29, 0.717) is 11.3 Å². The Hall–Kier alpha value is -1.94. The fraction of sp³-hybridized carbons (Fsp3) is 0.0769. The maximum atomic E-state index is 13.0. The largest absolute Gasteiger partial charge is 0.322 e. The number of nitrogens with one attached hydrogen (secondary N) is 1. The molecular weight excluding hydrogens is 255 g/mol. The van der Waals surface area contributed by atoms with Crippen molar-refractivity contribution in [2.75, 3.05) is 5.32 Å². The Bertz CT molecular complexity index is 601. The highest BCUT2D eigenvalue weighted by molar-refractivity contribution is 6.31. The number of nitrogens with zero attached hydrogens (tertiary/aromatic N) is 1. The van der Waals surface area contributed by atoms with Crippen LogP contribution < -0.4 is 5.32 Å². The minimum atomic E-state index is -0.519. The Morgan fingerprint density at radius 1 is 1.33 bits per heavy atom. The summed E-state index contributed by atoms with van der Waals surface area (Å²) in [6.45, 7) is 1.80. The highest BCUT2D eigenvalue weighted by atomic mass is 35.5. The van der Waals surface area contributed by atoms with Gasteiger partial charge in [-0.15, -0.1) is 0 Å². The Kier molecular flexibility index (Phi) is 3.58. The van der Waals surface area contributed by atoms with Crippen LogP contribution >= 0.6 is 11.6 Å². The fourth-order valence-corrected chi connectivity index (χ4v) is 1.64. The van der Waals surface area contributed by atoms with Crippen LogP contribution in [0.4, 0.5) is 10.1 Å². The van der Waals surface area contributed by atoms with Gasteiger partial charge in [-0.05, 0) is 37.3 Å². The summed E-state index contributed by atoms with van der Waals surface area (Å²) in [6.07, 6.45) is 1.56. The molecule has 0 spiro atoms. The standard InChI is InChI=1S/C13H10ClFN2O/c1-8-6-9(4-5-16-8)13(18)17-10-2-3-12(15)11(14)7-10/h2-7H,1H3,(H,17,18). The lowest BCUT2D eigenvalue weighted by molar-refractivity contribution is 0.102. The van der Waals surface area contributed by atoms with Gasteiger partial charge in [-0.2, -0.15) is 0 Å². The molecule has 0 saturated heterocycles. The number of benzene rings is 1. The van der Waals surface area contributed by atoms with E-state index in [-0.39, 0.29) is 10.9 Å². The summed E-state index contributed by atoms with van der Waals surface area (Å²) in [5.41, 5.74) is 1.68. The smallest absolute Gasteiger partial charge is 0.255 e. The van der Waals surface area contributed by atoms with Gasteiger partial charge in [0.15, 0.2) is 0 Å². The van der Waals surface area contributed by atoms with E-state index in [1.54, 1.807) is 25.3 Å². The summed E-state index contributed by atoms with van der Waals surface area (Å²) >= 11 is 5.63. The summed E-state index contributed by atoms with van der Waals surface area (Å²) in [4.78, 5) is 15.9. The third kappa shape index (κ3) is 2.84. The van der Waals surface area contributed by atoms with Crippen molar-refractivity contribution in [3.05, 3.63) is 58.6 Å². The molecule has 18 heavy (non-hydrogen) atoms. The van der Waals surface area contributed by atoms with Gasteiger partial charge in [0.25, 0.3) is 5.91 Å². The lowest BCUT2D eigenvalue weighted by Gasteiger charge is -2.06. The van der Waals surface area contributed by atoms with E-state index in [4.69, 9.17) is 11.6 Å². The van der Waals surface area contributed by atoms with Gasteiger partial charge < -0.3 is 5.32 Å². The number of aromatic nitrogens is 1. The molecule has 1 N–H and O–H groups in total. The third-order valence-corrected chi connectivity index (χ3v) is 2.63. The van der Waals surface area contributed by atoms with Crippen LogP contribution in [0.3, 0.4) is 0 Å². The van der Waals surface area contributed by atoms with Crippen LogP contribution in [-0.4, -0.2) is 10.9 Å². The summed E-state index contributed by atoms with van der Waals surface area (Å²) in [5.74, 6) is -0.808. The minimum Gasteiger partial charge on any atom is -0.322 e. The number of halogens is 2. The molecule has 1 heterocycles. The van der Waals surface area contributed by atoms with Crippen molar-refractivity contribution in [2.24, 2.45) is 0 Å². The highest BCUT2D eigenvalue weighted by Gasteiger charge is 2.08. The summed E-state index contributed by atoms with van der Waals surface area (Å²) in [5, 5.41) is 2.61. The van der Waals surface area contributed by atoms with Gasteiger partial charge in [0.1, 0.15) is 5.82 Å². The normalized spacial score (nSPS) is 10.2. The van der Waals surface area contributed by atoms with Crippen molar-refractivity contribution in [1.29, 1.82) is 0 Å². The van der Waals surface area contributed by atoms with Gasteiger partial charge in [0, 0.05) is 23.1 Å². The zero-order valence-corrected chi connectivity index (χ0v) is 10.3. The Labute approximate surface area is 109 Å². The Morgan fingerprint density at radius 3 is 2.78 bits per heavy atom. The molecule has 2 aromatic rings. The third-order valence-electron chi connectivity index (χ3n) is 2.34. The lowest BCUT2D eigenvalue weighted by Crippen LogP contribution is -2.12. The van der Waals surface area contributed by atoms with E-state index in [2.05, 4.69) is 10.3 Å². The van der Waals surface area contributed by atoms with Crippen molar-refractivity contribution in [3.8, 4) is 0 Å². The van der Waals surface area contributed by atoms with Gasteiger partial charge >= 0.3 is 0 Å². The molecule has 0 unspecified atom stereocenters. The Balaban J connectivity index is 2.18. The summed E-state index contributed by atoms with van der Waals surface area (Å²) < 4.78 is 13.0. The monoisotopic (exact) mass is 264 g/mol. The molecule has 0 radical (unpaired) electrons. The molecule has 2 rings (SSSR count). The number of hydrogen-bond donors (Lipinski definition) is 1. The molecule has 0 aliphatic carbocycles. The molecule has 0 bridgehead atoms. The average molecular weight is 265 g/mol. The summed E-state index contributed by atoms with van der Waals surface area (Å²) in [7, 11) is 0. The molecule has 1 amide bonds. The molecule has 0 aliphatic rings. The number of anilines is 1. The second kappa shape index (κ2) is 5.14. The number of hydrogen-bond acceptors (Lipinski definition) is 2. The van der Waals surface area contributed by atoms with Crippen molar-refractivity contribution < 1.29 is 9.18 Å². The molecule has 0 atom stereocenters. The number of rotatable bonds is 2. The predicted octanol–water partition coefficient (Wildman–Crippen LogP) is 3.43. The topological polar surface area (TPSA) is 42.0 Å². The van der Waals surface area contributed by atoms with E-state index >= 15 is 0 Å². The molecular formula is C13H10ClFN2O.